The molecule has 0 N–H and O–H groups in total. The predicted octanol–water partition coefficient (Wildman–Crippen LogP) is 1.24. The van der Waals surface area contributed by atoms with Crippen molar-refractivity contribution in [1.82, 2.24) is 4.90 Å². The van der Waals surface area contributed by atoms with E-state index in [9.17, 15) is 9.59 Å². The number of carbonyl (C=O) groups is 2. The molecule has 14 heavy (non-hydrogen) atoms. The summed E-state index contributed by atoms with van der Waals surface area (Å²) < 4.78 is 4.56. The summed E-state index contributed by atoms with van der Waals surface area (Å²) in [5.74, 6) is -0.664. The number of esters is 1. The Balaban J connectivity index is 3.04. The lowest BCUT2D eigenvalue weighted by atomic mass is 10.2. The van der Waals surface area contributed by atoms with Gasteiger partial charge in [0, 0.05) is 24.9 Å². The second kappa shape index (κ2) is 4.23. The molecule has 0 aromatic carbocycles. The molecule has 76 valence electrons. The number of nitrogens with zero attached hydrogens (tertiary/aromatic N) is 1. The Morgan fingerprint density at radius 2 is 1.86 bits per heavy atom. The average Bonchev–Trinajstić information content (AvgIpc) is 2.63. The number of hydrogen-bond donors (Lipinski definition) is 0. The summed E-state index contributed by atoms with van der Waals surface area (Å²) in [6.07, 6.45) is 0. The minimum Gasteiger partial charge on any atom is -0.465 e. The predicted molar refractivity (Wildman–Crippen MR) is 53.7 cm³/mol. The van der Waals surface area contributed by atoms with Crippen LogP contribution in [-0.2, 0) is 4.74 Å². The van der Waals surface area contributed by atoms with Gasteiger partial charge in [0.2, 0.25) is 0 Å². The molecule has 0 unspecified atom stereocenters. The highest BCUT2D eigenvalue weighted by molar-refractivity contribution is 7.08. The largest absolute Gasteiger partial charge is 0.465 e. The van der Waals surface area contributed by atoms with Crippen LogP contribution < -0.4 is 0 Å². The van der Waals surface area contributed by atoms with Crippen LogP contribution in [0.25, 0.3) is 0 Å². The Bertz CT molecular complexity index is 357. The van der Waals surface area contributed by atoms with Crippen molar-refractivity contribution in [2.45, 2.75) is 0 Å². The first-order chi connectivity index (χ1) is 6.57. The van der Waals surface area contributed by atoms with Crippen LogP contribution in [0.15, 0.2) is 10.8 Å². The van der Waals surface area contributed by atoms with Crippen molar-refractivity contribution < 1.29 is 14.3 Å². The zero-order chi connectivity index (χ0) is 10.7. The van der Waals surface area contributed by atoms with Crippen LogP contribution in [0.4, 0.5) is 0 Å². The van der Waals surface area contributed by atoms with E-state index in [0.717, 1.165) is 0 Å². The van der Waals surface area contributed by atoms with Gasteiger partial charge >= 0.3 is 5.97 Å². The molecular weight excluding hydrogens is 202 g/mol. The summed E-state index contributed by atoms with van der Waals surface area (Å²) in [7, 11) is 4.58. The fourth-order valence-electron chi connectivity index (χ4n) is 0.972. The zero-order valence-corrected chi connectivity index (χ0v) is 9.05. The van der Waals surface area contributed by atoms with Crippen molar-refractivity contribution >= 4 is 23.2 Å². The summed E-state index contributed by atoms with van der Waals surface area (Å²) in [6.45, 7) is 0. The molecule has 0 saturated heterocycles. The van der Waals surface area contributed by atoms with Crippen molar-refractivity contribution in [1.29, 1.82) is 0 Å². The lowest BCUT2D eigenvalue weighted by Crippen LogP contribution is -2.23. The van der Waals surface area contributed by atoms with Gasteiger partial charge in [0.1, 0.15) is 0 Å². The highest BCUT2D eigenvalue weighted by Crippen LogP contribution is 2.17. The molecule has 0 aliphatic carbocycles. The number of amides is 1. The van der Waals surface area contributed by atoms with Gasteiger partial charge in [-0.25, -0.2) is 4.79 Å². The van der Waals surface area contributed by atoms with Crippen molar-refractivity contribution in [3.05, 3.63) is 21.9 Å². The maximum Gasteiger partial charge on any atom is 0.339 e. The van der Waals surface area contributed by atoms with E-state index in [1.165, 1.54) is 23.3 Å². The maximum atomic E-state index is 11.6. The van der Waals surface area contributed by atoms with E-state index >= 15 is 0 Å². The third-order valence-electron chi connectivity index (χ3n) is 1.70. The monoisotopic (exact) mass is 213 g/mol. The molecule has 1 amide bonds. The molecule has 0 aliphatic rings. The first kappa shape index (κ1) is 10.7. The Hall–Kier alpha value is -1.36. The molecule has 0 fully saturated rings. The Morgan fingerprint density at radius 1 is 1.29 bits per heavy atom. The van der Waals surface area contributed by atoms with Crippen LogP contribution >= 0.6 is 11.3 Å². The van der Waals surface area contributed by atoms with Gasteiger partial charge in [-0.2, -0.15) is 11.3 Å². The second-order valence-corrected chi connectivity index (χ2v) is 3.63. The number of ether oxygens (including phenoxy) is 1. The van der Waals surface area contributed by atoms with E-state index in [-0.39, 0.29) is 5.91 Å². The number of hydrogen-bond acceptors (Lipinski definition) is 4. The van der Waals surface area contributed by atoms with E-state index in [1.807, 2.05) is 0 Å². The average molecular weight is 213 g/mol. The highest BCUT2D eigenvalue weighted by atomic mass is 32.1. The molecular formula is C9H11NO3S. The molecule has 1 aromatic heterocycles. The number of rotatable bonds is 2. The van der Waals surface area contributed by atoms with E-state index in [4.69, 9.17) is 0 Å². The molecule has 0 radical (unpaired) electrons. The van der Waals surface area contributed by atoms with Crippen molar-refractivity contribution in [3.63, 3.8) is 0 Å². The van der Waals surface area contributed by atoms with Crippen LogP contribution in [0.3, 0.4) is 0 Å². The third kappa shape index (κ3) is 1.93. The van der Waals surface area contributed by atoms with Gasteiger partial charge in [-0.1, -0.05) is 0 Å². The zero-order valence-electron chi connectivity index (χ0n) is 8.23. The molecule has 1 aromatic rings. The highest BCUT2D eigenvalue weighted by Gasteiger charge is 2.19. The van der Waals surface area contributed by atoms with E-state index in [1.54, 1.807) is 24.9 Å². The SMILES string of the molecule is COC(=O)c1cscc1C(=O)N(C)C. The van der Waals surface area contributed by atoms with Gasteiger partial charge in [-0.15, -0.1) is 0 Å². The van der Waals surface area contributed by atoms with Gasteiger partial charge in [-0.05, 0) is 0 Å². The van der Waals surface area contributed by atoms with Gasteiger partial charge in [0.05, 0.1) is 18.2 Å². The van der Waals surface area contributed by atoms with E-state index in [0.29, 0.717) is 11.1 Å². The molecule has 1 heterocycles. The lowest BCUT2D eigenvalue weighted by Gasteiger charge is -2.09. The summed E-state index contributed by atoms with van der Waals surface area (Å²) in [6, 6.07) is 0. The fourth-order valence-corrected chi connectivity index (χ4v) is 1.76. The molecule has 0 bridgehead atoms. The topological polar surface area (TPSA) is 46.6 Å². The quantitative estimate of drug-likeness (QED) is 0.694. The summed E-state index contributed by atoms with van der Waals surface area (Å²) in [5, 5.41) is 3.26. The van der Waals surface area contributed by atoms with Crippen LogP contribution in [0.2, 0.25) is 0 Å². The lowest BCUT2D eigenvalue weighted by molar-refractivity contribution is 0.0594. The van der Waals surface area contributed by atoms with E-state index < -0.39 is 5.97 Å². The van der Waals surface area contributed by atoms with Gasteiger partial charge in [0.25, 0.3) is 5.91 Å². The maximum absolute atomic E-state index is 11.6. The molecule has 1 rings (SSSR count). The smallest absolute Gasteiger partial charge is 0.339 e. The first-order valence-corrected chi connectivity index (χ1v) is 4.88. The van der Waals surface area contributed by atoms with Crippen molar-refractivity contribution in [2.24, 2.45) is 0 Å². The molecule has 0 spiro atoms. The Kier molecular flexibility index (Phi) is 3.24. The molecule has 0 aliphatic heterocycles. The van der Waals surface area contributed by atoms with Gasteiger partial charge in [-0.3, -0.25) is 4.79 Å². The second-order valence-electron chi connectivity index (χ2n) is 2.89. The number of methoxy groups -OCH3 is 1. The van der Waals surface area contributed by atoms with Gasteiger partial charge in [0.15, 0.2) is 0 Å². The number of carbonyl (C=O) groups excluding carboxylic acids is 2. The molecule has 4 nitrogen and oxygen atoms in total. The standard InChI is InChI=1S/C9H11NO3S/c1-10(2)8(11)6-4-14-5-7(6)9(12)13-3/h4-5H,1-3H3. The van der Waals surface area contributed by atoms with Gasteiger partial charge < -0.3 is 9.64 Å². The van der Waals surface area contributed by atoms with Crippen LogP contribution in [0.5, 0.6) is 0 Å². The van der Waals surface area contributed by atoms with Crippen LogP contribution in [0.1, 0.15) is 20.7 Å². The normalized spacial score (nSPS) is 9.64. The first-order valence-electron chi connectivity index (χ1n) is 3.94. The number of thiophene rings is 1. The Morgan fingerprint density at radius 3 is 2.36 bits per heavy atom. The van der Waals surface area contributed by atoms with Crippen molar-refractivity contribution in [2.75, 3.05) is 21.2 Å². The molecule has 0 saturated carbocycles. The van der Waals surface area contributed by atoms with E-state index in [2.05, 4.69) is 4.74 Å². The Labute approximate surface area is 86.1 Å². The van der Waals surface area contributed by atoms with Crippen molar-refractivity contribution in [3.8, 4) is 0 Å². The minimum absolute atomic E-state index is 0.188. The van der Waals surface area contributed by atoms with Crippen LogP contribution in [0, 0.1) is 0 Å². The molecule has 5 heteroatoms. The summed E-state index contributed by atoms with van der Waals surface area (Å²) >= 11 is 1.31. The summed E-state index contributed by atoms with van der Waals surface area (Å²) in [5.41, 5.74) is 0.725. The minimum atomic E-state index is -0.476. The summed E-state index contributed by atoms with van der Waals surface area (Å²) in [4.78, 5) is 24.2. The molecule has 0 atom stereocenters. The fraction of sp³-hybridized carbons (Fsp3) is 0.333. The third-order valence-corrected chi connectivity index (χ3v) is 2.45. The van der Waals surface area contributed by atoms with Crippen LogP contribution in [-0.4, -0.2) is 38.0 Å².